The molecule has 0 saturated heterocycles. The molecule has 0 radical (unpaired) electrons. The minimum absolute atomic E-state index is 0.0124. The van der Waals surface area contributed by atoms with Crippen molar-refractivity contribution >= 4 is 23.5 Å². The maximum atomic E-state index is 13.9. The van der Waals surface area contributed by atoms with Crippen molar-refractivity contribution in [2.75, 3.05) is 5.32 Å². The number of rotatable bonds is 12. The van der Waals surface area contributed by atoms with Gasteiger partial charge >= 0.3 is 6.09 Å². The van der Waals surface area contributed by atoms with Gasteiger partial charge in [-0.05, 0) is 38.3 Å². The van der Waals surface area contributed by atoms with Crippen molar-refractivity contribution < 1.29 is 23.5 Å². The van der Waals surface area contributed by atoms with Crippen molar-refractivity contribution in [2.24, 2.45) is 5.92 Å². The molecular formula is C35H36N8O6. The molecule has 2 N–H and O–H groups in total. The SMILES string of the molecule is Cc1nc(-c2ccccc2)n(CC(=O)N[C@H](C(=O)c2nnc(C(C)(C)c3ncccn3)o2)C(C)C)c(=O)c1NC(=O)OCc1ccccc1. The molecule has 5 aromatic rings. The fourth-order valence-corrected chi connectivity index (χ4v) is 4.94. The molecule has 3 heterocycles. The van der Waals surface area contributed by atoms with Gasteiger partial charge in [-0.3, -0.25) is 24.3 Å². The Morgan fingerprint density at radius 2 is 1.59 bits per heavy atom. The van der Waals surface area contributed by atoms with Gasteiger partial charge < -0.3 is 14.5 Å². The monoisotopic (exact) mass is 664 g/mol. The molecule has 0 aliphatic carbocycles. The number of anilines is 1. The highest BCUT2D eigenvalue weighted by Crippen LogP contribution is 2.28. The van der Waals surface area contributed by atoms with Crippen molar-refractivity contribution in [3.8, 4) is 11.4 Å². The molecule has 14 heteroatoms. The highest BCUT2D eigenvalue weighted by atomic mass is 16.5. The van der Waals surface area contributed by atoms with Gasteiger partial charge in [0.1, 0.15) is 35.9 Å². The van der Waals surface area contributed by atoms with E-state index in [-0.39, 0.29) is 35.6 Å². The molecule has 49 heavy (non-hydrogen) atoms. The molecule has 1 atom stereocenters. The summed E-state index contributed by atoms with van der Waals surface area (Å²) in [5.41, 5.74) is -0.169. The number of ketones is 1. The van der Waals surface area contributed by atoms with Crippen LogP contribution in [-0.4, -0.2) is 53.5 Å². The van der Waals surface area contributed by atoms with Gasteiger partial charge in [0.2, 0.25) is 17.6 Å². The molecule has 2 aromatic carbocycles. The number of aryl methyl sites for hydroxylation is 1. The number of amides is 2. The van der Waals surface area contributed by atoms with Gasteiger partial charge in [-0.25, -0.2) is 19.7 Å². The van der Waals surface area contributed by atoms with Crippen LogP contribution in [0.25, 0.3) is 11.4 Å². The number of aromatic nitrogens is 6. The molecule has 0 saturated carbocycles. The summed E-state index contributed by atoms with van der Waals surface area (Å²) in [4.78, 5) is 66.9. The zero-order chi connectivity index (χ0) is 35.1. The summed E-state index contributed by atoms with van der Waals surface area (Å²) in [5, 5.41) is 13.2. The van der Waals surface area contributed by atoms with Crippen molar-refractivity contribution in [2.45, 2.75) is 59.2 Å². The van der Waals surface area contributed by atoms with Crippen molar-refractivity contribution in [3.05, 3.63) is 118 Å². The van der Waals surface area contributed by atoms with Gasteiger partial charge in [-0.15, -0.1) is 10.2 Å². The van der Waals surface area contributed by atoms with Gasteiger partial charge in [0.15, 0.2) is 0 Å². The Morgan fingerprint density at radius 3 is 2.24 bits per heavy atom. The molecule has 5 rings (SSSR count). The van der Waals surface area contributed by atoms with E-state index >= 15 is 0 Å². The van der Waals surface area contributed by atoms with E-state index in [2.05, 4.69) is 35.8 Å². The van der Waals surface area contributed by atoms with E-state index in [0.29, 0.717) is 11.4 Å². The quantitative estimate of drug-likeness (QED) is 0.179. The lowest BCUT2D eigenvalue weighted by atomic mass is 9.92. The first-order valence-corrected chi connectivity index (χ1v) is 15.5. The number of hydrogen-bond acceptors (Lipinski definition) is 11. The third-order valence-corrected chi connectivity index (χ3v) is 7.68. The molecule has 0 spiro atoms. The van der Waals surface area contributed by atoms with Gasteiger partial charge in [-0.1, -0.05) is 74.5 Å². The number of ether oxygens (including phenoxy) is 1. The number of nitrogens with one attached hydrogen (secondary N) is 2. The van der Waals surface area contributed by atoms with Gasteiger partial charge in [0, 0.05) is 18.0 Å². The maximum absolute atomic E-state index is 13.9. The minimum Gasteiger partial charge on any atom is -0.444 e. The number of Topliss-reactive ketones (excluding diaryl/α,β-unsaturated/α-hetero) is 1. The molecule has 2 amide bonds. The van der Waals surface area contributed by atoms with Crippen molar-refractivity contribution in [3.63, 3.8) is 0 Å². The van der Waals surface area contributed by atoms with E-state index in [1.54, 1.807) is 95.5 Å². The number of hydrogen-bond donors (Lipinski definition) is 2. The smallest absolute Gasteiger partial charge is 0.412 e. The number of carbonyl (C=O) groups is 3. The van der Waals surface area contributed by atoms with Crippen LogP contribution in [0, 0.1) is 12.8 Å². The fraction of sp³-hybridized carbons (Fsp3) is 0.286. The molecule has 0 aliphatic rings. The van der Waals surface area contributed by atoms with Crippen LogP contribution < -0.4 is 16.2 Å². The van der Waals surface area contributed by atoms with E-state index in [1.807, 2.05) is 18.2 Å². The highest BCUT2D eigenvalue weighted by molar-refractivity contribution is 5.98. The fourth-order valence-electron chi connectivity index (χ4n) is 4.94. The number of benzene rings is 2. The Morgan fingerprint density at radius 1 is 0.939 bits per heavy atom. The Kier molecular flexibility index (Phi) is 10.4. The first kappa shape index (κ1) is 34.3. The van der Waals surface area contributed by atoms with E-state index in [0.717, 1.165) is 10.1 Å². The first-order valence-electron chi connectivity index (χ1n) is 15.5. The van der Waals surface area contributed by atoms with E-state index < -0.39 is 47.3 Å². The summed E-state index contributed by atoms with van der Waals surface area (Å²) >= 11 is 0. The lowest BCUT2D eigenvalue weighted by Crippen LogP contribution is -2.47. The van der Waals surface area contributed by atoms with Crippen LogP contribution in [0.5, 0.6) is 0 Å². The Labute approximate surface area is 282 Å². The summed E-state index contributed by atoms with van der Waals surface area (Å²) in [6, 6.07) is 18.5. The molecule has 252 valence electrons. The molecule has 0 bridgehead atoms. The zero-order valence-electron chi connectivity index (χ0n) is 27.7. The molecule has 0 aliphatic heterocycles. The van der Waals surface area contributed by atoms with E-state index in [4.69, 9.17) is 9.15 Å². The lowest BCUT2D eigenvalue weighted by molar-refractivity contribution is -0.122. The maximum Gasteiger partial charge on any atom is 0.412 e. The van der Waals surface area contributed by atoms with Gasteiger partial charge in [-0.2, -0.15) is 0 Å². The second kappa shape index (κ2) is 14.8. The zero-order valence-corrected chi connectivity index (χ0v) is 27.7. The minimum atomic E-state index is -1.07. The van der Waals surface area contributed by atoms with Crippen LogP contribution in [0.15, 0.2) is 88.3 Å². The van der Waals surface area contributed by atoms with Gasteiger partial charge in [0.25, 0.3) is 11.4 Å². The normalized spacial score (nSPS) is 12.0. The molecule has 3 aromatic heterocycles. The molecule has 0 fully saturated rings. The second-order valence-corrected chi connectivity index (χ2v) is 12.1. The predicted molar refractivity (Wildman–Crippen MR) is 178 cm³/mol. The van der Waals surface area contributed by atoms with Crippen molar-refractivity contribution in [1.29, 1.82) is 0 Å². The summed E-state index contributed by atoms with van der Waals surface area (Å²) in [7, 11) is 0. The summed E-state index contributed by atoms with van der Waals surface area (Å²) in [5.74, 6) is -1.20. The topological polar surface area (TPSA) is 184 Å². The lowest BCUT2D eigenvalue weighted by Gasteiger charge is -2.21. The Bertz CT molecular complexity index is 1990. The number of nitrogens with zero attached hydrogens (tertiary/aromatic N) is 6. The molecule has 0 unspecified atom stereocenters. The average Bonchev–Trinajstić information content (AvgIpc) is 3.62. The highest BCUT2D eigenvalue weighted by Gasteiger charge is 2.36. The van der Waals surface area contributed by atoms with Crippen LogP contribution in [0.4, 0.5) is 10.5 Å². The first-order chi connectivity index (χ1) is 23.5. The van der Waals surface area contributed by atoms with Crippen LogP contribution >= 0.6 is 0 Å². The summed E-state index contributed by atoms with van der Waals surface area (Å²) < 4.78 is 12.2. The van der Waals surface area contributed by atoms with Crippen LogP contribution in [0.2, 0.25) is 0 Å². The molecular weight excluding hydrogens is 628 g/mol. The summed E-state index contributed by atoms with van der Waals surface area (Å²) in [6.45, 7) is 8.11. The molecule has 14 nitrogen and oxygen atoms in total. The largest absolute Gasteiger partial charge is 0.444 e. The third kappa shape index (κ3) is 7.92. The van der Waals surface area contributed by atoms with Gasteiger partial charge in [0.05, 0.1) is 11.7 Å². The Balaban J connectivity index is 1.38. The Hall–Kier alpha value is -6.05. The average molecular weight is 665 g/mol. The van der Waals surface area contributed by atoms with Crippen LogP contribution in [0.3, 0.4) is 0 Å². The van der Waals surface area contributed by atoms with Crippen LogP contribution in [-0.2, 0) is 28.1 Å². The van der Waals surface area contributed by atoms with Crippen LogP contribution in [0.1, 0.15) is 61.4 Å². The second-order valence-electron chi connectivity index (χ2n) is 12.1. The van der Waals surface area contributed by atoms with Crippen molar-refractivity contribution in [1.82, 2.24) is 35.0 Å². The number of carbonyl (C=O) groups excluding carboxylic acids is 3. The van der Waals surface area contributed by atoms with E-state index in [1.165, 1.54) is 0 Å². The third-order valence-electron chi connectivity index (χ3n) is 7.68. The summed E-state index contributed by atoms with van der Waals surface area (Å²) in [6.07, 6.45) is 2.32. The predicted octanol–water partition coefficient (Wildman–Crippen LogP) is 4.49. The van der Waals surface area contributed by atoms with E-state index in [9.17, 15) is 19.2 Å². The standard InChI is InChI=1S/C35H36N8O6/c1-21(2)26(28(45)30-41-42-33(49-30)35(4,5)32-36-17-12-18-37-32)39-25(44)19-43-29(24-15-10-7-11-16-24)38-22(3)27(31(43)46)40-34(47)48-20-23-13-8-6-9-14-23/h6-18,21,26H,19-20H2,1-5H3,(H,39,44)(H,40,47)/t26-/m0/s1.